The summed E-state index contributed by atoms with van der Waals surface area (Å²) in [6.07, 6.45) is 3.42. The van der Waals surface area contributed by atoms with Gasteiger partial charge in [-0.05, 0) is 19.7 Å². The van der Waals surface area contributed by atoms with Crippen LogP contribution in [0.25, 0.3) is 0 Å². The molecule has 1 unspecified atom stereocenters. The van der Waals surface area contributed by atoms with E-state index in [2.05, 4.69) is 33.8 Å². The van der Waals surface area contributed by atoms with Crippen molar-refractivity contribution in [1.29, 1.82) is 0 Å². The number of aromatic nitrogens is 2. The molecule has 1 aliphatic rings. The number of β-amino-alcohol motifs (C(OH)–C–C–N with tert-alkyl or cyclic N) is 1. The number of likely N-dealkylation sites (N-methyl/N-ethyl adjacent to an activating group) is 1. The van der Waals surface area contributed by atoms with Gasteiger partial charge in [0.2, 0.25) is 0 Å². The summed E-state index contributed by atoms with van der Waals surface area (Å²) in [4.78, 5) is 6.95. The first kappa shape index (κ1) is 23.5. The minimum absolute atomic E-state index is 0.265. The van der Waals surface area contributed by atoms with E-state index in [1.54, 1.807) is 7.11 Å². The van der Waals surface area contributed by atoms with E-state index in [9.17, 15) is 5.11 Å². The first-order chi connectivity index (χ1) is 15.0. The second kappa shape index (κ2) is 11.5. The standard InChI is InChI=1S/C23H37N5O3/c1-5-27(15-19-13-24-26(3)14-19)16-20-6-7-22(30-4)12-23(20)31-18-21(29)17-28-10-8-25(2)9-11-28/h6-7,12-14,21,29H,5,8-11,15-18H2,1-4H3. The molecule has 0 bridgehead atoms. The van der Waals surface area contributed by atoms with Gasteiger partial charge in [0, 0.05) is 76.3 Å². The summed E-state index contributed by atoms with van der Waals surface area (Å²) >= 11 is 0. The van der Waals surface area contributed by atoms with Crippen LogP contribution in [0.2, 0.25) is 0 Å². The lowest BCUT2D eigenvalue weighted by atomic mass is 10.1. The van der Waals surface area contributed by atoms with Gasteiger partial charge in [-0.2, -0.15) is 5.10 Å². The third-order valence-corrected chi connectivity index (χ3v) is 5.78. The molecule has 1 aromatic carbocycles. The minimum atomic E-state index is -0.528. The highest BCUT2D eigenvalue weighted by Gasteiger charge is 2.18. The third kappa shape index (κ3) is 7.21. The molecule has 8 nitrogen and oxygen atoms in total. The second-order valence-corrected chi connectivity index (χ2v) is 8.37. The van der Waals surface area contributed by atoms with Gasteiger partial charge in [-0.25, -0.2) is 0 Å². The highest BCUT2D eigenvalue weighted by Crippen LogP contribution is 2.27. The number of benzene rings is 1. The molecule has 2 heterocycles. The van der Waals surface area contributed by atoms with Crippen molar-refractivity contribution in [2.45, 2.75) is 26.1 Å². The van der Waals surface area contributed by atoms with E-state index in [4.69, 9.17) is 9.47 Å². The fraction of sp³-hybridized carbons (Fsp3) is 0.609. The number of ether oxygens (including phenoxy) is 2. The van der Waals surface area contributed by atoms with Crippen molar-refractivity contribution in [3.8, 4) is 11.5 Å². The number of aryl methyl sites for hydroxylation is 1. The molecule has 2 aromatic rings. The third-order valence-electron chi connectivity index (χ3n) is 5.78. The van der Waals surface area contributed by atoms with Gasteiger partial charge >= 0.3 is 0 Å². The number of aliphatic hydroxyl groups is 1. The van der Waals surface area contributed by atoms with Crippen molar-refractivity contribution in [3.63, 3.8) is 0 Å². The molecule has 0 spiro atoms. The molecule has 31 heavy (non-hydrogen) atoms. The summed E-state index contributed by atoms with van der Waals surface area (Å²) in [5.41, 5.74) is 2.27. The average molecular weight is 432 g/mol. The number of nitrogens with zero attached hydrogens (tertiary/aromatic N) is 5. The summed E-state index contributed by atoms with van der Waals surface area (Å²) < 4.78 is 13.3. The molecule has 3 rings (SSSR count). The van der Waals surface area contributed by atoms with Gasteiger partial charge in [0.05, 0.1) is 13.3 Å². The molecule has 1 aliphatic heterocycles. The quantitative estimate of drug-likeness (QED) is 0.577. The fourth-order valence-corrected chi connectivity index (χ4v) is 3.83. The fourth-order valence-electron chi connectivity index (χ4n) is 3.83. The number of piperazine rings is 1. The predicted octanol–water partition coefficient (Wildman–Crippen LogP) is 1.44. The molecular formula is C23H37N5O3. The van der Waals surface area contributed by atoms with Crippen LogP contribution >= 0.6 is 0 Å². The van der Waals surface area contributed by atoms with Crippen LogP contribution in [0.1, 0.15) is 18.1 Å². The van der Waals surface area contributed by atoms with Crippen LogP contribution in [0.3, 0.4) is 0 Å². The molecule has 0 amide bonds. The predicted molar refractivity (Wildman–Crippen MR) is 121 cm³/mol. The van der Waals surface area contributed by atoms with Gasteiger partial charge in [0.15, 0.2) is 0 Å². The SMILES string of the molecule is CCN(Cc1cnn(C)c1)Cc1ccc(OC)cc1OCC(O)CN1CCN(C)CC1. The minimum Gasteiger partial charge on any atom is -0.497 e. The van der Waals surface area contributed by atoms with Gasteiger partial charge in [-0.15, -0.1) is 0 Å². The Morgan fingerprint density at radius 2 is 1.94 bits per heavy atom. The molecule has 1 atom stereocenters. The Kier molecular flexibility index (Phi) is 8.71. The summed E-state index contributed by atoms with van der Waals surface area (Å²) in [7, 11) is 5.72. The van der Waals surface area contributed by atoms with Crippen molar-refractivity contribution in [2.24, 2.45) is 7.05 Å². The van der Waals surface area contributed by atoms with Gasteiger partial charge in [0.25, 0.3) is 0 Å². The average Bonchev–Trinajstić information content (AvgIpc) is 3.18. The van der Waals surface area contributed by atoms with Gasteiger partial charge in [-0.3, -0.25) is 14.5 Å². The van der Waals surface area contributed by atoms with Crippen LogP contribution in [0.15, 0.2) is 30.6 Å². The molecular weight excluding hydrogens is 394 g/mol. The summed E-state index contributed by atoms with van der Waals surface area (Å²) in [6, 6.07) is 5.92. The van der Waals surface area contributed by atoms with E-state index in [0.29, 0.717) is 6.54 Å². The molecule has 0 aliphatic carbocycles. The normalized spacial score (nSPS) is 16.6. The number of rotatable bonds is 11. The number of aliphatic hydroxyl groups excluding tert-OH is 1. The molecule has 0 saturated carbocycles. The Labute approximate surface area is 185 Å². The Morgan fingerprint density at radius 1 is 1.16 bits per heavy atom. The Morgan fingerprint density at radius 3 is 2.58 bits per heavy atom. The van der Waals surface area contributed by atoms with Crippen LogP contribution in [-0.4, -0.2) is 95.7 Å². The van der Waals surface area contributed by atoms with Crippen LogP contribution in [-0.2, 0) is 20.1 Å². The Bertz CT molecular complexity index is 804. The number of hydrogen-bond acceptors (Lipinski definition) is 7. The largest absolute Gasteiger partial charge is 0.497 e. The van der Waals surface area contributed by atoms with Crippen LogP contribution < -0.4 is 9.47 Å². The van der Waals surface area contributed by atoms with Crippen LogP contribution in [0, 0.1) is 0 Å². The Hall–Kier alpha value is -2.13. The van der Waals surface area contributed by atoms with Gasteiger partial charge in [0.1, 0.15) is 24.2 Å². The first-order valence-electron chi connectivity index (χ1n) is 11.1. The highest BCUT2D eigenvalue weighted by molar-refractivity contribution is 5.40. The maximum Gasteiger partial charge on any atom is 0.127 e. The zero-order chi connectivity index (χ0) is 22.2. The van der Waals surface area contributed by atoms with Crippen molar-refractivity contribution in [3.05, 3.63) is 41.7 Å². The maximum absolute atomic E-state index is 10.5. The lowest BCUT2D eigenvalue weighted by molar-refractivity contribution is 0.0499. The van der Waals surface area contributed by atoms with Gasteiger partial charge in [-0.1, -0.05) is 13.0 Å². The molecule has 1 N–H and O–H groups in total. The zero-order valence-electron chi connectivity index (χ0n) is 19.3. The Balaban J connectivity index is 1.60. The first-order valence-corrected chi connectivity index (χ1v) is 11.1. The molecule has 1 aromatic heterocycles. The van der Waals surface area contributed by atoms with Crippen molar-refractivity contribution < 1.29 is 14.6 Å². The second-order valence-electron chi connectivity index (χ2n) is 8.37. The van der Waals surface area contributed by atoms with E-state index < -0.39 is 6.10 Å². The summed E-state index contributed by atoms with van der Waals surface area (Å²) in [6.45, 7) is 9.58. The lowest BCUT2D eigenvalue weighted by Crippen LogP contribution is -2.47. The molecule has 1 fully saturated rings. The summed E-state index contributed by atoms with van der Waals surface area (Å²) in [5.74, 6) is 1.52. The highest BCUT2D eigenvalue weighted by atomic mass is 16.5. The maximum atomic E-state index is 10.5. The molecule has 1 saturated heterocycles. The summed E-state index contributed by atoms with van der Waals surface area (Å²) in [5, 5.41) is 14.8. The smallest absolute Gasteiger partial charge is 0.127 e. The van der Waals surface area contributed by atoms with Crippen LogP contribution in [0.4, 0.5) is 0 Å². The zero-order valence-corrected chi connectivity index (χ0v) is 19.3. The van der Waals surface area contributed by atoms with E-state index >= 15 is 0 Å². The van der Waals surface area contributed by atoms with Crippen molar-refractivity contribution >= 4 is 0 Å². The van der Waals surface area contributed by atoms with Crippen molar-refractivity contribution in [1.82, 2.24) is 24.5 Å². The molecule has 0 radical (unpaired) electrons. The van der Waals surface area contributed by atoms with E-state index in [1.807, 2.05) is 42.3 Å². The van der Waals surface area contributed by atoms with E-state index in [0.717, 1.165) is 62.9 Å². The lowest BCUT2D eigenvalue weighted by Gasteiger charge is -2.33. The topological polar surface area (TPSA) is 66.2 Å². The molecule has 8 heteroatoms. The monoisotopic (exact) mass is 431 g/mol. The molecule has 172 valence electrons. The number of methoxy groups -OCH3 is 1. The van der Waals surface area contributed by atoms with E-state index in [1.165, 1.54) is 5.56 Å². The van der Waals surface area contributed by atoms with Gasteiger partial charge < -0.3 is 19.5 Å². The van der Waals surface area contributed by atoms with Crippen molar-refractivity contribution in [2.75, 3.05) is 60.0 Å². The van der Waals surface area contributed by atoms with Crippen LogP contribution in [0.5, 0.6) is 11.5 Å². The van der Waals surface area contributed by atoms with E-state index in [-0.39, 0.29) is 6.61 Å². The number of hydrogen-bond donors (Lipinski definition) is 1.